The first-order chi connectivity index (χ1) is 8.94. The largest absolute Gasteiger partial charge is 0.382 e. The minimum Gasteiger partial charge on any atom is -0.382 e. The van der Waals surface area contributed by atoms with Crippen LogP contribution in [0.5, 0.6) is 0 Å². The van der Waals surface area contributed by atoms with E-state index in [-0.39, 0.29) is 17.9 Å². The molecule has 0 aromatic heterocycles. The fourth-order valence-corrected chi connectivity index (χ4v) is 2.39. The van der Waals surface area contributed by atoms with Crippen LogP contribution in [-0.4, -0.2) is 48.1 Å². The average Bonchev–Trinajstić information content (AvgIpc) is 2.34. The molecule has 2 amide bonds. The lowest BCUT2D eigenvalue weighted by atomic mass is 9.94. The third kappa shape index (κ3) is 3.93. The first kappa shape index (κ1) is 16.0. The number of hydrogen-bond acceptors (Lipinski definition) is 3. The summed E-state index contributed by atoms with van der Waals surface area (Å²) < 4.78 is 5.30. The Balaban J connectivity index is 2.72. The molecule has 0 aromatic rings. The van der Waals surface area contributed by atoms with Crippen LogP contribution in [0.2, 0.25) is 0 Å². The summed E-state index contributed by atoms with van der Waals surface area (Å²) in [6, 6.07) is -0.327. The van der Waals surface area contributed by atoms with Crippen LogP contribution >= 0.6 is 0 Å². The van der Waals surface area contributed by atoms with E-state index in [9.17, 15) is 9.59 Å². The summed E-state index contributed by atoms with van der Waals surface area (Å²) >= 11 is 0. The molecular weight excluding hydrogens is 244 g/mol. The number of amides is 2. The Kier molecular flexibility index (Phi) is 5.79. The topological polar surface area (TPSA) is 58.6 Å². The number of piperazine rings is 1. The van der Waals surface area contributed by atoms with Crippen molar-refractivity contribution in [3.05, 3.63) is 0 Å². The lowest BCUT2D eigenvalue weighted by Gasteiger charge is -2.43. The van der Waals surface area contributed by atoms with E-state index in [1.54, 1.807) is 18.7 Å². The number of carbonyl (C=O) groups excluding carboxylic acids is 2. The summed E-state index contributed by atoms with van der Waals surface area (Å²) in [5.74, 6) is -0.0371. The molecule has 19 heavy (non-hydrogen) atoms. The number of ether oxygens (including phenoxy) is 1. The van der Waals surface area contributed by atoms with Crippen LogP contribution in [0.1, 0.15) is 47.0 Å². The van der Waals surface area contributed by atoms with Gasteiger partial charge in [0, 0.05) is 19.8 Å². The molecule has 0 spiro atoms. The monoisotopic (exact) mass is 270 g/mol. The smallest absolute Gasteiger partial charge is 0.248 e. The van der Waals surface area contributed by atoms with Crippen molar-refractivity contribution >= 4 is 11.8 Å². The van der Waals surface area contributed by atoms with Gasteiger partial charge in [-0.15, -0.1) is 0 Å². The Morgan fingerprint density at radius 3 is 2.58 bits per heavy atom. The number of nitrogens with one attached hydrogen (secondary N) is 1. The quantitative estimate of drug-likeness (QED) is 0.710. The highest BCUT2D eigenvalue weighted by molar-refractivity contribution is 5.99. The fourth-order valence-electron chi connectivity index (χ4n) is 2.39. The van der Waals surface area contributed by atoms with Crippen molar-refractivity contribution in [3.8, 4) is 0 Å². The fraction of sp³-hybridized carbons (Fsp3) is 0.857. The van der Waals surface area contributed by atoms with Crippen LogP contribution in [-0.2, 0) is 14.3 Å². The Morgan fingerprint density at radius 2 is 2.00 bits per heavy atom. The summed E-state index contributed by atoms with van der Waals surface area (Å²) in [6.45, 7) is 9.37. The summed E-state index contributed by atoms with van der Waals surface area (Å²) in [6.07, 6.45) is 2.36. The van der Waals surface area contributed by atoms with Crippen LogP contribution in [0.3, 0.4) is 0 Å². The van der Waals surface area contributed by atoms with Gasteiger partial charge in [-0.25, -0.2) is 0 Å². The number of rotatable bonds is 7. The Labute approximate surface area is 115 Å². The molecule has 1 atom stereocenters. The van der Waals surface area contributed by atoms with Crippen molar-refractivity contribution in [1.82, 2.24) is 10.2 Å². The maximum absolute atomic E-state index is 12.4. The summed E-state index contributed by atoms with van der Waals surface area (Å²) in [7, 11) is 0. The minimum absolute atomic E-state index is 0.00190. The molecule has 1 unspecified atom stereocenters. The Morgan fingerprint density at radius 1 is 1.32 bits per heavy atom. The molecule has 0 bridgehead atoms. The zero-order valence-corrected chi connectivity index (χ0v) is 12.5. The van der Waals surface area contributed by atoms with Gasteiger partial charge in [0.05, 0.1) is 0 Å². The molecule has 1 saturated heterocycles. The van der Waals surface area contributed by atoms with E-state index >= 15 is 0 Å². The van der Waals surface area contributed by atoms with Gasteiger partial charge in [-0.05, 0) is 33.6 Å². The first-order valence-corrected chi connectivity index (χ1v) is 7.14. The molecule has 1 rings (SSSR count). The van der Waals surface area contributed by atoms with E-state index in [0.29, 0.717) is 26.2 Å². The van der Waals surface area contributed by atoms with Gasteiger partial charge in [-0.2, -0.15) is 0 Å². The molecule has 110 valence electrons. The first-order valence-electron chi connectivity index (χ1n) is 7.14. The molecule has 5 nitrogen and oxygen atoms in total. The van der Waals surface area contributed by atoms with Gasteiger partial charge in [-0.1, -0.05) is 13.3 Å². The zero-order chi connectivity index (χ0) is 14.5. The van der Waals surface area contributed by atoms with Crippen LogP contribution < -0.4 is 5.32 Å². The van der Waals surface area contributed by atoms with E-state index in [0.717, 1.165) is 12.8 Å². The van der Waals surface area contributed by atoms with E-state index in [1.165, 1.54) is 0 Å². The molecule has 0 aliphatic carbocycles. The molecule has 0 aromatic carbocycles. The van der Waals surface area contributed by atoms with Crippen molar-refractivity contribution in [2.75, 3.05) is 19.8 Å². The van der Waals surface area contributed by atoms with Gasteiger partial charge >= 0.3 is 0 Å². The lowest BCUT2D eigenvalue weighted by Crippen LogP contribution is -2.68. The Hall–Kier alpha value is -1.10. The second-order valence-electron chi connectivity index (χ2n) is 5.47. The van der Waals surface area contributed by atoms with E-state index in [4.69, 9.17) is 4.74 Å². The number of nitrogens with zero attached hydrogens (tertiary/aromatic N) is 1. The van der Waals surface area contributed by atoms with Gasteiger partial charge in [0.1, 0.15) is 11.6 Å². The molecule has 1 aliphatic rings. The molecule has 0 radical (unpaired) electrons. The van der Waals surface area contributed by atoms with E-state index in [2.05, 4.69) is 5.32 Å². The third-order valence-electron chi connectivity index (χ3n) is 3.36. The lowest BCUT2D eigenvalue weighted by molar-refractivity contribution is -0.154. The highest BCUT2D eigenvalue weighted by Crippen LogP contribution is 2.21. The maximum Gasteiger partial charge on any atom is 0.248 e. The molecule has 0 saturated carbocycles. The summed E-state index contributed by atoms with van der Waals surface area (Å²) in [5, 5.41) is 2.81. The second-order valence-corrected chi connectivity index (χ2v) is 5.47. The van der Waals surface area contributed by atoms with Crippen molar-refractivity contribution in [2.24, 2.45) is 0 Å². The molecular formula is C14H26N2O3. The second kappa shape index (κ2) is 6.89. The summed E-state index contributed by atoms with van der Waals surface area (Å²) in [5.41, 5.74) is -0.799. The highest BCUT2D eigenvalue weighted by Gasteiger charge is 2.44. The van der Waals surface area contributed by atoms with E-state index in [1.807, 2.05) is 13.8 Å². The van der Waals surface area contributed by atoms with Crippen molar-refractivity contribution in [3.63, 3.8) is 0 Å². The van der Waals surface area contributed by atoms with Gasteiger partial charge in [0.15, 0.2) is 0 Å². The predicted molar refractivity (Wildman–Crippen MR) is 73.7 cm³/mol. The standard InChI is InChI=1S/C14H26N2O3/c1-5-8-11-12(17)15-14(3,4)13(18)16(11)9-7-10-19-6-2/h11H,5-10H2,1-4H3,(H,15,17). The number of hydrogen-bond donors (Lipinski definition) is 1. The van der Waals surface area contributed by atoms with Crippen molar-refractivity contribution in [2.45, 2.75) is 58.5 Å². The maximum atomic E-state index is 12.4. The van der Waals surface area contributed by atoms with Gasteiger partial charge in [0.2, 0.25) is 11.8 Å². The van der Waals surface area contributed by atoms with E-state index < -0.39 is 5.54 Å². The SMILES string of the molecule is CCCC1C(=O)NC(C)(C)C(=O)N1CCCOCC. The molecule has 1 heterocycles. The average molecular weight is 270 g/mol. The van der Waals surface area contributed by atoms with Crippen molar-refractivity contribution < 1.29 is 14.3 Å². The number of carbonyl (C=O) groups is 2. The highest BCUT2D eigenvalue weighted by atomic mass is 16.5. The third-order valence-corrected chi connectivity index (χ3v) is 3.36. The molecule has 1 N–H and O–H groups in total. The van der Waals surface area contributed by atoms with Crippen LogP contribution in [0.15, 0.2) is 0 Å². The molecule has 1 aliphatic heterocycles. The predicted octanol–water partition coefficient (Wildman–Crippen LogP) is 1.32. The van der Waals surface area contributed by atoms with Crippen molar-refractivity contribution in [1.29, 1.82) is 0 Å². The van der Waals surface area contributed by atoms with Gasteiger partial charge in [-0.3, -0.25) is 9.59 Å². The molecule has 5 heteroatoms. The van der Waals surface area contributed by atoms with Crippen LogP contribution in [0, 0.1) is 0 Å². The Bertz CT molecular complexity index is 329. The zero-order valence-electron chi connectivity index (χ0n) is 12.5. The van der Waals surface area contributed by atoms with Gasteiger partial charge < -0.3 is 15.0 Å². The molecule has 1 fully saturated rings. The summed E-state index contributed by atoms with van der Waals surface area (Å²) in [4.78, 5) is 26.2. The van der Waals surface area contributed by atoms with Crippen LogP contribution in [0.4, 0.5) is 0 Å². The van der Waals surface area contributed by atoms with Gasteiger partial charge in [0.25, 0.3) is 0 Å². The van der Waals surface area contributed by atoms with Crippen LogP contribution in [0.25, 0.3) is 0 Å². The normalized spacial score (nSPS) is 22.5. The minimum atomic E-state index is -0.799.